The van der Waals surface area contributed by atoms with E-state index in [2.05, 4.69) is 36.2 Å². The summed E-state index contributed by atoms with van der Waals surface area (Å²) in [7, 11) is 0. The summed E-state index contributed by atoms with van der Waals surface area (Å²) >= 11 is 0. The summed E-state index contributed by atoms with van der Waals surface area (Å²) < 4.78 is 6.08. The van der Waals surface area contributed by atoms with Gasteiger partial charge >= 0.3 is 6.03 Å². The topological polar surface area (TPSA) is 61.9 Å². The van der Waals surface area contributed by atoms with E-state index in [-0.39, 0.29) is 18.0 Å². The SMILES string of the molecule is Cc1ccc(OC2CCN(CC(=O)N3CCNC3=O)CC2)cc1C. The quantitative estimate of drug-likeness (QED) is 0.912. The predicted octanol–water partition coefficient (Wildman–Crippen LogP) is 1.70. The summed E-state index contributed by atoms with van der Waals surface area (Å²) in [6.07, 6.45) is 1.98. The summed E-state index contributed by atoms with van der Waals surface area (Å²) in [4.78, 5) is 27.1. The molecular formula is C18H25N3O3. The molecule has 2 heterocycles. The minimum Gasteiger partial charge on any atom is -0.490 e. The van der Waals surface area contributed by atoms with Gasteiger partial charge in [-0.15, -0.1) is 0 Å². The van der Waals surface area contributed by atoms with Gasteiger partial charge in [-0.05, 0) is 49.9 Å². The molecule has 0 saturated carbocycles. The molecule has 1 N–H and O–H groups in total. The van der Waals surface area contributed by atoms with Crippen LogP contribution in [0.1, 0.15) is 24.0 Å². The molecule has 2 fully saturated rings. The summed E-state index contributed by atoms with van der Waals surface area (Å²) in [5.74, 6) is 0.805. The van der Waals surface area contributed by atoms with Gasteiger partial charge < -0.3 is 10.1 Å². The lowest BCUT2D eigenvalue weighted by atomic mass is 10.1. The molecule has 1 aromatic carbocycles. The summed E-state index contributed by atoms with van der Waals surface area (Å²) in [5.41, 5.74) is 2.50. The van der Waals surface area contributed by atoms with Crippen LogP contribution in [0.25, 0.3) is 0 Å². The van der Waals surface area contributed by atoms with Gasteiger partial charge in [0.1, 0.15) is 11.9 Å². The number of nitrogens with zero attached hydrogens (tertiary/aromatic N) is 2. The molecule has 1 aromatic rings. The van der Waals surface area contributed by atoms with Crippen molar-refractivity contribution in [1.82, 2.24) is 15.1 Å². The Balaban J connectivity index is 1.46. The second-order valence-corrected chi connectivity index (χ2v) is 6.62. The molecular weight excluding hydrogens is 306 g/mol. The van der Waals surface area contributed by atoms with E-state index in [0.29, 0.717) is 19.6 Å². The van der Waals surface area contributed by atoms with Crippen LogP contribution >= 0.6 is 0 Å². The minimum atomic E-state index is -0.270. The van der Waals surface area contributed by atoms with Crippen molar-refractivity contribution in [3.63, 3.8) is 0 Å². The first-order chi connectivity index (χ1) is 11.5. The van der Waals surface area contributed by atoms with E-state index in [4.69, 9.17) is 4.74 Å². The van der Waals surface area contributed by atoms with Crippen LogP contribution in [0.5, 0.6) is 5.75 Å². The van der Waals surface area contributed by atoms with Gasteiger partial charge in [-0.3, -0.25) is 14.6 Å². The Morgan fingerprint density at radius 3 is 2.58 bits per heavy atom. The third-order valence-corrected chi connectivity index (χ3v) is 4.83. The molecule has 0 bridgehead atoms. The van der Waals surface area contributed by atoms with Crippen molar-refractivity contribution in [2.24, 2.45) is 0 Å². The van der Waals surface area contributed by atoms with E-state index >= 15 is 0 Å². The maximum Gasteiger partial charge on any atom is 0.324 e. The molecule has 2 saturated heterocycles. The Morgan fingerprint density at radius 1 is 1.21 bits per heavy atom. The van der Waals surface area contributed by atoms with Crippen molar-refractivity contribution < 1.29 is 14.3 Å². The van der Waals surface area contributed by atoms with Crippen molar-refractivity contribution in [3.8, 4) is 5.75 Å². The predicted molar refractivity (Wildman–Crippen MR) is 91.1 cm³/mol. The number of carbonyl (C=O) groups is 2. The summed E-state index contributed by atoms with van der Waals surface area (Å²) in [6, 6.07) is 5.91. The molecule has 130 valence electrons. The number of benzene rings is 1. The maximum atomic E-state index is 12.2. The van der Waals surface area contributed by atoms with Crippen molar-refractivity contribution in [2.75, 3.05) is 32.7 Å². The van der Waals surface area contributed by atoms with Crippen LogP contribution < -0.4 is 10.1 Å². The Labute approximate surface area is 142 Å². The van der Waals surface area contributed by atoms with Crippen molar-refractivity contribution >= 4 is 11.9 Å². The Morgan fingerprint density at radius 2 is 1.96 bits per heavy atom. The number of imide groups is 1. The van der Waals surface area contributed by atoms with Crippen LogP contribution in [0.2, 0.25) is 0 Å². The Kier molecular flexibility index (Phi) is 5.04. The molecule has 2 aliphatic heterocycles. The van der Waals surface area contributed by atoms with Crippen molar-refractivity contribution in [1.29, 1.82) is 0 Å². The van der Waals surface area contributed by atoms with E-state index in [9.17, 15) is 9.59 Å². The zero-order valence-electron chi connectivity index (χ0n) is 14.4. The van der Waals surface area contributed by atoms with Gasteiger partial charge in [-0.2, -0.15) is 0 Å². The molecule has 24 heavy (non-hydrogen) atoms. The third kappa shape index (κ3) is 3.87. The Bertz CT molecular complexity index is 624. The number of nitrogens with one attached hydrogen (secondary N) is 1. The number of rotatable bonds is 4. The number of hydrogen-bond acceptors (Lipinski definition) is 4. The Hall–Kier alpha value is -2.08. The van der Waals surface area contributed by atoms with Crippen LogP contribution in [-0.2, 0) is 4.79 Å². The number of hydrogen-bond donors (Lipinski definition) is 1. The lowest BCUT2D eigenvalue weighted by Gasteiger charge is -2.32. The fourth-order valence-electron chi connectivity index (χ4n) is 3.15. The first kappa shape index (κ1) is 16.8. The standard InChI is InChI=1S/C18H25N3O3/c1-13-3-4-16(11-14(13)2)24-15-5-8-20(9-6-15)12-17(22)21-10-7-19-18(21)23/h3-4,11,15H,5-10,12H2,1-2H3,(H,19,23). The van der Waals surface area contributed by atoms with E-state index in [1.54, 1.807) is 0 Å². The van der Waals surface area contributed by atoms with Crippen LogP contribution in [-0.4, -0.2) is 60.6 Å². The van der Waals surface area contributed by atoms with Gasteiger partial charge in [0, 0.05) is 26.2 Å². The molecule has 0 spiro atoms. The second kappa shape index (κ2) is 7.21. The van der Waals surface area contributed by atoms with Crippen molar-refractivity contribution in [2.45, 2.75) is 32.8 Å². The average Bonchev–Trinajstić information content (AvgIpc) is 2.99. The lowest BCUT2D eigenvalue weighted by molar-refractivity contribution is -0.129. The largest absolute Gasteiger partial charge is 0.490 e. The van der Waals surface area contributed by atoms with Gasteiger partial charge in [0.2, 0.25) is 5.91 Å². The highest BCUT2D eigenvalue weighted by molar-refractivity contribution is 5.96. The molecule has 3 amide bonds. The summed E-state index contributed by atoms with van der Waals surface area (Å²) in [6.45, 7) is 7.15. The van der Waals surface area contributed by atoms with Gasteiger partial charge in [-0.1, -0.05) is 6.07 Å². The number of piperidine rings is 1. The van der Waals surface area contributed by atoms with Crippen LogP contribution in [0, 0.1) is 13.8 Å². The van der Waals surface area contributed by atoms with E-state index in [1.807, 2.05) is 6.07 Å². The van der Waals surface area contributed by atoms with Crippen LogP contribution in [0.3, 0.4) is 0 Å². The molecule has 2 aliphatic rings. The van der Waals surface area contributed by atoms with Crippen molar-refractivity contribution in [3.05, 3.63) is 29.3 Å². The fraction of sp³-hybridized carbons (Fsp3) is 0.556. The molecule has 6 nitrogen and oxygen atoms in total. The van der Waals surface area contributed by atoms with Gasteiger partial charge in [0.25, 0.3) is 0 Å². The molecule has 0 radical (unpaired) electrons. The lowest BCUT2D eigenvalue weighted by Crippen LogP contribution is -2.46. The molecule has 0 aliphatic carbocycles. The number of urea groups is 1. The number of ether oxygens (including phenoxy) is 1. The molecule has 0 aromatic heterocycles. The third-order valence-electron chi connectivity index (χ3n) is 4.83. The minimum absolute atomic E-state index is 0.112. The molecule has 3 rings (SSSR count). The van der Waals surface area contributed by atoms with Crippen LogP contribution in [0.15, 0.2) is 18.2 Å². The van der Waals surface area contributed by atoms with E-state index in [0.717, 1.165) is 31.7 Å². The normalized spacial score (nSPS) is 19.4. The maximum absolute atomic E-state index is 12.2. The number of aryl methyl sites for hydroxylation is 2. The van der Waals surface area contributed by atoms with Gasteiger partial charge in [0.15, 0.2) is 0 Å². The monoisotopic (exact) mass is 331 g/mol. The molecule has 6 heteroatoms. The highest BCUT2D eigenvalue weighted by Crippen LogP contribution is 2.21. The van der Waals surface area contributed by atoms with E-state index < -0.39 is 0 Å². The second-order valence-electron chi connectivity index (χ2n) is 6.62. The van der Waals surface area contributed by atoms with Gasteiger partial charge in [-0.25, -0.2) is 4.79 Å². The smallest absolute Gasteiger partial charge is 0.324 e. The number of likely N-dealkylation sites (tertiary alicyclic amines) is 1. The highest BCUT2D eigenvalue weighted by atomic mass is 16.5. The number of amides is 3. The molecule has 0 atom stereocenters. The summed E-state index contributed by atoms with van der Waals surface area (Å²) in [5, 5.41) is 2.66. The zero-order chi connectivity index (χ0) is 17.1. The first-order valence-corrected chi connectivity index (χ1v) is 8.57. The molecule has 0 unspecified atom stereocenters. The zero-order valence-corrected chi connectivity index (χ0v) is 14.4. The average molecular weight is 331 g/mol. The van der Waals surface area contributed by atoms with Crippen LogP contribution in [0.4, 0.5) is 4.79 Å². The number of carbonyl (C=O) groups excluding carboxylic acids is 2. The van der Waals surface area contributed by atoms with Gasteiger partial charge in [0.05, 0.1) is 6.54 Å². The van der Waals surface area contributed by atoms with E-state index in [1.165, 1.54) is 16.0 Å². The highest BCUT2D eigenvalue weighted by Gasteiger charge is 2.29. The fourth-order valence-corrected chi connectivity index (χ4v) is 3.15. The first-order valence-electron chi connectivity index (χ1n) is 8.57.